The fourth-order valence-electron chi connectivity index (χ4n) is 1.54. The van der Waals surface area contributed by atoms with E-state index in [0.29, 0.717) is 5.56 Å². The Labute approximate surface area is 107 Å². The molecule has 1 heterocycles. The van der Waals surface area contributed by atoms with Crippen LogP contribution in [0.25, 0.3) is 0 Å². The van der Waals surface area contributed by atoms with Gasteiger partial charge in [0.15, 0.2) is 0 Å². The summed E-state index contributed by atoms with van der Waals surface area (Å²) in [6.45, 7) is -0.0163. The largest absolute Gasteiger partial charge is 0.383 e. The zero-order valence-corrected chi connectivity index (χ0v) is 10.2. The standard InChI is InChI=1S/C11H15F4N3O/c1-6-2-3-18-9(17)8(6)7(16)4-19-5-11(14,15)10(12)13/h2-3,7,10H,4-5,16H2,1H3,(H2,17,18). The number of rotatable bonds is 6. The Balaban J connectivity index is 2.59. The SMILES string of the molecule is Cc1ccnc(N)c1C(N)COCC(F)(F)C(F)F. The lowest BCUT2D eigenvalue weighted by molar-refractivity contribution is -0.166. The molecule has 0 aliphatic heterocycles. The minimum Gasteiger partial charge on any atom is -0.383 e. The fraction of sp³-hybridized carbons (Fsp3) is 0.545. The van der Waals surface area contributed by atoms with Crippen molar-refractivity contribution in [2.75, 3.05) is 18.9 Å². The van der Waals surface area contributed by atoms with Crippen LogP contribution in [-0.2, 0) is 4.74 Å². The fourth-order valence-corrected chi connectivity index (χ4v) is 1.54. The first-order valence-corrected chi connectivity index (χ1v) is 5.46. The smallest absolute Gasteiger partial charge is 0.330 e. The number of aromatic nitrogens is 1. The van der Waals surface area contributed by atoms with E-state index in [9.17, 15) is 17.6 Å². The first kappa shape index (κ1) is 15.6. The summed E-state index contributed by atoms with van der Waals surface area (Å²) in [4.78, 5) is 3.82. The van der Waals surface area contributed by atoms with Gasteiger partial charge in [0.2, 0.25) is 0 Å². The molecule has 4 N–H and O–H groups in total. The molecular formula is C11H15F4N3O. The molecule has 0 saturated heterocycles. The van der Waals surface area contributed by atoms with Crippen LogP contribution in [0.1, 0.15) is 17.2 Å². The highest BCUT2D eigenvalue weighted by Crippen LogP contribution is 2.25. The Morgan fingerprint density at radius 1 is 1.42 bits per heavy atom. The third-order valence-electron chi connectivity index (χ3n) is 2.52. The maximum Gasteiger partial charge on any atom is 0.330 e. The van der Waals surface area contributed by atoms with Crippen molar-refractivity contribution >= 4 is 5.82 Å². The van der Waals surface area contributed by atoms with Gasteiger partial charge in [-0.25, -0.2) is 13.8 Å². The number of anilines is 1. The summed E-state index contributed by atoms with van der Waals surface area (Å²) in [6, 6.07) is 0.849. The molecule has 1 aromatic heterocycles. The van der Waals surface area contributed by atoms with Crippen LogP contribution in [0, 0.1) is 6.92 Å². The summed E-state index contributed by atoms with van der Waals surface area (Å²) in [5.74, 6) is -4.02. The predicted molar refractivity (Wildman–Crippen MR) is 62.1 cm³/mol. The minimum absolute atomic E-state index is 0.164. The number of halogens is 4. The van der Waals surface area contributed by atoms with E-state index in [0.717, 1.165) is 5.56 Å². The molecule has 0 bridgehead atoms. The van der Waals surface area contributed by atoms with Gasteiger partial charge in [0.05, 0.1) is 12.6 Å². The van der Waals surface area contributed by atoms with Gasteiger partial charge >= 0.3 is 12.3 Å². The second-order valence-electron chi connectivity index (χ2n) is 4.11. The molecule has 19 heavy (non-hydrogen) atoms. The third-order valence-corrected chi connectivity index (χ3v) is 2.52. The maximum absolute atomic E-state index is 12.6. The van der Waals surface area contributed by atoms with E-state index in [1.807, 2.05) is 0 Å². The number of aryl methyl sites for hydroxylation is 1. The Hall–Kier alpha value is -1.41. The highest BCUT2D eigenvalue weighted by molar-refractivity contribution is 5.45. The molecule has 0 radical (unpaired) electrons. The summed E-state index contributed by atoms with van der Waals surface area (Å²) >= 11 is 0. The maximum atomic E-state index is 12.6. The van der Waals surface area contributed by atoms with Crippen LogP contribution in [-0.4, -0.2) is 30.5 Å². The lowest BCUT2D eigenvalue weighted by Gasteiger charge is -2.19. The van der Waals surface area contributed by atoms with E-state index in [4.69, 9.17) is 11.5 Å². The topological polar surface area (TPSA) is 74.2 Å². The van der Waals surface area contributed by atoms with Crippen molar-refractivity contribution in [2.45, 2.75) is 25.3 Å². The quantitative estimate of drug-likeness (QED) is 0.781. The van der Waals surface area contributed by atoms with Gasteiger partial charge in [-0.15, -0.1) is 0 Å². The molecule has 1 rings (SSSR count). The molecule has 0 saturated carbocycles. The Morgan fingerprint density at radius 2 is 2.05 bits per heavy atom. The van der Waals surface area contributed by atoms with Crippen molar-refractivity contribution in [3.8, 4) is 0 Å². The number of nitrogen functional groups attached to an aromatic ring is 1. The van der Waals surface area contributed by atoms with Gasteiger partial charge in [0.1, 0.15) is 12.4 Å². The highest BCUT2D eigenvalue weighted by atomic mass is 19.3. The summed E-state index contributed by atoms with van der Waals surface area (Å²) in [6.07, 6.45) is -2.29. The molecule has 1 aromatic rings. The Kier molecular flexibility index (Phi) is 5.07. The van der Waals surface area contributed by atoms with Crippen molar-refractivity contribution in [2.24, 2.45) is 5.73 Å². The monoisotopic (exact) mass is 281 g/mol. The molecule has 0 aliphatic rings. The highest BCUT2D eigenvalue weighted by Gasteiger charge is 2.41. The van der Waals surface area contributed by atoms with Crippen LogP contribution in [0.5, 0.6) is 0 Å². The van der Waals surface area contributed by atoms with Crippen LogP contribution in [0.4, 0.5) is 23.4 Å². The molecule has 0 spiro atoms. The van der Waals surface area contributed by atoms with Gasteiger partial charge in [-0.1, -0.05) is 0 Å². The number of nitrogens with two attached hydrogens (primary N) is 2. The van der Waals surface area contributed by atoms with Gasteiger partial charge in [-0.05, 0) is 18.6 Å². The van der Waals surface area contributed by atoms with E-state index in [-0.39, 0.29) is 12.4 Å². The zero-order chi connectivity index (χ0) is 14.6. The molecule has 4 nitrogen and oxygen atoms in total. The molecule has 1 atom stereocenters. The average molecular weight is 281 g/mol. The summed E-state index contributed by atoms with van der Waals surface area (Å²) < 4.78 is 53.6. The average Bonchev–Trinajstić information content (AvgIpc) is 2.28. The van der Waals surface area contributed by atoms with Crippen LogP contribution < -0.4 is 11.5 Å². The lowest BCUT2D eigenvalue weighted by atomic mass is 10.0. The third kappa shape index (κ3) is 4.03. The van der Waals surface area contributed by atoms with E-state index < -0.39 is 25.0 Å². The van der Waals surface area contributed by atoms with E-state index in [1.54, 1.807) is 13.0 Å². The molecular weight excluding hydrogens is 266 g/mol. The number of hydrogen-bond acceptors (Lipinski definition) is 4. The summed E-state index contributed by atoms with van der Waals surface area (Å²) in [7, 11) is 0. The van der Waals surface area contributed by atoms with E-state index in [1.165, 1.54) is 6.20 Å². The molecule has 0 amide bonds. The van der Waals surface area contributed by atoms with E-state index >= 15 is 0 Å². The van der Waals surface area contributed by atoms with Crippen molar-refractivity contribution in [3.63, 3.8) is 0 Å². The second-order valence-corrected chi connectivity index (χ2v) is 4.11. The van der Waals surface area contributed by atoms with Crippen molar-refractivity contribution in [1.82, 2.24) is 4.98 Å². The minimum atomic E-state index is -4.19. The van der Waals surface area contributed by atoms with Crippen molar-refractivity contribution in [3.05, 3.63) is 23.4 Å². The molecule has 1 unspecified atom stereocenters. The number of hydrogen-bond donors (Lipinski definition) is 2. The van der Waals surface area contributed by atoms with Gasteiger partial charge in [-0.2, -0.15) is 8.78 Å². The second kappa shape index (κ2) is 6.16. The predicted octanol–water partition coefficient (Wildman–Crippen LogP) is 1.89. The Morgan fingerprint density at radius 3 is 2.58 bits per heavy atom. The number of ether oxygens (including phenoxy) is 1. The van der Waals surface area contributed by atoms with Crippen LogP contribution in [0.3, 0.4) is 0 Å². The van der Waals surface area contributed by atoms with E-state index in [2.05, 4.69) is 9.72 Å². The van der Waals surface area contributed by atoms with Crippen molar-refractivity contribution < 1.29 is 22.3 Å². The number of nitrogens with zero attached hydrogens (tertiary/aromatic N) is 1. The lowest BCUT2D eigenvalue weighted by Crippen LogP contribution is -2.33. The van der Waals surface area contributed by atoms with Crippen molar-refractivity contribution in [1.29, 1.82) is 0 Å². The summed E-state index contributed by atoms with van der Waals surface area (Å²) in [5.41, 5.74) is 12.5. The van der Waals surface area contributed by atoms with Gasteiger partial charge in [0, 0.05) is 11.8 Å². The zero-order valence-electron chi connectivity index (χ0n) is 10.2. The van der Waals surface area contributed by atoms with Crippen LogP contribution >= 0.6 is 0 Å². The molecule has 8 heteroatoms. The molecule has 0 fully saturated rings. The van der Waals surface area contributed by atoms with Gasteiger partial charge in [0.25, 0.3) is 0 Å². The van der Waals surface area contributed by atoms with Gasteiger partial charge < -0.3 is 16.2 Å². The van der Waals surface area contributed by atoms with Crippen LogP contribution in [0.2, 0.25) is 0 Å². The molecule has 108 valence electrons. The first-order chi connectivity index (χ1) is 8.75. The molecule has 0 aromatic carbocycles. The van der Waals surface area contributed by atoms with Crippen LogP contribution in [0.15, 0.2) is 12.3 Å². The Bertz CT molecular complexity index is 408. The summed E-state index contributed by atoms with van der Waals surface area (Å²) in [5, 5.41) is 0. The molecule has 0 aliphatic carbocycles. The number of alkyl halides is 4. The first-order valence-electron chi connectivity index (χ1n) is 5.46. The normalized spacial score (nSPS) is 13.8. The number of pyridine rings is 1. The van der Waals surface area contributed by atoms with Gasteiger partial charge in [-0.3, -0.25) is 0 Å².